The summed E-state index contributed by atoms with van der Waals surface area (Å²) < 4.78 is 5.65. The van der Waals surface area contributed by atoms with Gasteiger partial charge in [-0.25, -0.2) is 0 Å². The number of aromatic amines is 1. The maximum Gasteiger partial charge on any atom is 0.277 e. The molecule has 1 amide bonds. The molecule has 0 radical (unpaired) electrons. The van der Waals surface area contributed by atoms with Crippen LogP contribution in [0.25, 0.3) is 22.5 Å². The van der Waals surface area contributed by atoms with Crippen molar-refractivity contribution in [3.05, 3.63) is 30.3 Å². The molecule has 0 atom stereocenters. The van der Waals surface area contributed by atoms with Crippen LogP contribution < -0.4 is 0 Å². The highest BCUT2D eigenvalue weighted by Crippen LogP contribution is 2.26. The molecule has 1 aliphatic rings. The number of nitrogens with zero attached hydrogens (tertiary/aromatic N) is 3. The summed E-state index contributed by atoms with van der Waals surface area (Å²) in [6.07, 6.45) is 2.20. The fourth-order valence-electron chi connectivity index (χ4n) is 2.75. The van der Waals surface area contributed by atoms with Crippen LogP contribution in [0.5, 0.6) is 0 Å². The van der Waals surface area contributed by atoms with Gasteiger partial charge in [0.05, 0.1) is 5.75 Å². The van der Waals surface area contributed by atoms with E-state index < -0.39 is 0 Å². The standard InChI is InChI=1S/C16H16N4O2S/c21-14(20-7-3-4-8-20)10-23-16-19-18-15(22-16)13-9-11-5-1-2-6-12(11)17-13/h1-2,5-6,9,17H,3-4,7-8,10H2. The van der Waals surface area contributed by atoms with E-state index in [4.69, 9.17) is 4.42 Å². The molecule has 0 saturated carbocycles. The first-order chi connectivity index (χ1) is 11.3. The number of carbonyl (C=O) groups is 1. The number of hydrogen-bond acceptors (Lipinski definition) is 5. The van der Waals surface area contributed by atoms with E-state index >= 15 is 0 Å². The summed E-state index contributed by atoms with van der Waals surface area (Å²) in [6.45, 7) is 1.73. The lowest BCUT2D eigenvalue weighted by atomic mass is 10.2. The second kappa shape index (κ2) is 6.08. The number of thioether (sulfide) groups is 1. The van der Waals surface area contributed by atoms with Crippen LogP contribution in [0.1, 0.15) is 12.8 Å². The molecule has 118 valence electrons. The van der Waals surface area contributed by atoms with Gasteiger partial charge in [0.25, 0.3) is 11.1 Å². The zero-order valence-electron chi connectivity index (χ0n) is 12.5. The molecule has 0 aliphatic carbocycles. The lowest BCUT2D eigenvalue weighted by molar-refractivity contribution is -0.127. The van der Waals surface area contributed by atoms with Gasteiger partial charge in [-0.1, -0.05) is 30.0 Å². The molecule has 6 nitrogen and oxygen atoms in total. The number of fused-ring (bicyclic) bond motifs is 1. The van der Waals surface area contributed by atoms with Crippen molar-refractivity contribution in [1.82, 2.24) is 20.1 Å². The predicted molar refractivity (Wildman–Crippen MR) is 88.1 cm³/mol. The van der Waals surface area contributed by atoms with Gasteiger partial charge in [-0.05, 0) is 25.0 Å². The molecule has 3 aromatic rings. The van der Waals surface area contributed by atoms with E-state index in [9.17, 15) is 4.79 Å². The van der Waals surface area contributed by atoms with Crippen molar-refractivity contribution in [3.63, 3.8) is 0 Å². The summed E-state index contributed by atoms with van der Waals surface area (Å²) in [5, 5.41) is 9.60. The zero-order valence-corrected chi connectivity index (χ0v) is 13.3. The molecule has 0 unspecified atom stereocenters. The number of carbonyl (C=O) groups excluding carboxylic acids is 1. The van der Waals surface area contributed by atoms with Crippen LogP contribution in [0.2, 0.25) is 0 Å². The van der Waals surface area contributed by atoms with Crippen molar-refractivity contribution in [1.29, 1.82) is 0 Å². The zero-order chi connectivity index (χ0) is 15.6. The van der Waals surface area contributed by atoms with E-state index in [2.05, 4.69) is 15.2 Å². The minimum absolute atomic E-state index is 0.137. The topological polar surface area (TPSA) is 75.0 Å². The van der Waals surface area contributed by atoms with Gasteiger partial charge in [0.1, 0.15) is 5.69 Å². The second-order valence-electron chi connectivity index (χ2n) is 5.52. The van der Waals surface area contributed by atoms with E-state index in [0.717, 1.165) is 42.5 Å². The highest BCUT2D eigenvalue weighted by molar-refractivity contribution is 7.99. The number of likely N-dealkylation sites (tertiary alicyclic amines) is 1. The van der Waals surface area contributed by atoms with E-state index in [0.29, 0.717) is 16.9 Å². The fourth-order valence-corrected chi connectivity index (χ4v) is 3.41. The molecule has 7 heteroatoms. The number of amides is 1. The Kier molecular flexibility index (Phi) is 3.78. The lowest BCUT2D eigenvalue weighted by Crippen LogP contribution is -2.29. The van der Waals surface area contributed by atoms with Crippen molar-refractivity contribution in [3.8, 4) is 11.6 Å². The van der Waals surface area contributed by atoms with E-state index in [1.807, 2.05) is 35.2 Å². The number of rotatable bonds is 4. The Morgan fingerprint density at radius 2 is 2.09 bits per heavy atom. The molecule has 0 bridgehead atoms. The molecule has 1 aromatic carbocycles. The van der Waals surface area contributed by atoms with Crippen LogP contribution in [-0.2, 0) is 4.79 Å². The number of nitrogens with one attached hydrogen (secondary N) is 1. The van der Waals surface area contributed by atoms with Crippen LogP contribution in [0.4, 0.5) is 0 Å². The highest BCUT2D eigenvalue weighted by atomic mass is 32.2. The molecule has 2 aromatic heterocycles. The molecule has 1 fully saturated rings. The smallest absolute Gasteiger partial charge is 0.277 e. The van der Waals surface area contributed by atoms with Crippen molar-refractivity contribution < 1.29 is 9.21 Å². The average molecular weight is 328 g/mol. The van der Waals surface area contributed by atoms with Crippen LogP contribution in [0.3, 0.4) is 0 Å². The van der Waals surface area contributed by atoms with Crippen molar-refractivity contribution >= 4 is 28.6 Å². The quantitative estimate of drug-likeness (QED) is 0.745. The van der Waals surface area contributed by atoms with Crippen LogP contribution in [0, 0.1) is 0 Å². The third-order valence-electron chi connectivity index (χ3n) is 3.94. The van der Waals surface area contributed by atoms with Crippen molar-refractivity contribution in [2.75, 3.05) is 18.8 Å². The first-order valence-electron chi connectivity index (χ1n) is 7.62. The number of H-pyrrole nitrogens is 1. The first kappa shape index (κ1) is 14.3. The van der Waals surface area contributed by atoms with E-state index in [1.54, 1.807) is 0 Å². The summed E-state index contributed by atoms with van der Waals surface area (Å²) in [7, 11) is 0. The van der Waals surface area contributed by atoms with E-state index in [-0.39, 0.29) is 5.91 Å². The minimum Gasteiger partial charge on any atom is -0.410 e. The predicted octanol–water partition coefficient (Wildman–Crippen LogP) is 2.93. The Balaban J connectivity index is 1.45. The maximum atomic E-state index is 12.0. The first-order valence-corrected chi connectivity index (χ1v) is 8.60. The van der Waals surface area contributed by atoms with Gasteiger partial charge in [-0.2, -0.15) is 0 Å². The Morgan fingerprint density at radius 3 is 2.91 bits per heavy atom. The fraction of sp³-hybridized carbons (Fsp3) is 0.312. The molecular weight excluding hydrogens is 312 g/mol. The third kappa shape index (κ3) is 2.96. The number of para-hydroxylation sites is 1. The molecule has 23 heavy (non-hydrogen) atoms. The van der Waals surface area contributed by atoms with Crippen LogP contribution in [0.15, 0.2) is 40.0 Å². The van der Waals surface area contributed by atoms with Gasteiger partial charge < -0.3 is 14.3 Å². The lowest BCUT2D eigenvalue weighted by Gasteiger charge is -2.13. The normalized spacial score (nSPS) is 14.7. The SMILES string of the molecule is O=C(CSc1nnc(-c2cc3ccccc3[nH]2)o1)N1CCCC1. The Morgan fingerprint density at radius 1 is 1.26 bits per heavy atom. The summed E-state index contributed by atoms with van der Waals surface area (Å²) >= 11 is 1.29. The van der Waals surface area contributed by atoms with Gasteiger partial charge >= 0.3 is 0 Å². The Hall–Kier alpha value is -2.28. The van der Waals surface area contributed by atoms with Crippen LogP contribution in [-0.4, -0.2) is 44.8 Å². The molecule has 1 saturated heterocycles. The van der Waals surface area contributed by atoms with Gasteiger partial charge in [0, 0.05) is 24.0 Å². The number of aromatic nitrogens is 3. The summed E-state index contributed by atoms with van der Waals surface area (Å²) in [4.78, 5) is 17.2. The minimum atomic E-state index is 0.137. The van der Waals surface area contributed by atoms with Gasteiger partial charge in [-0.3, -0.25) is 4.79 Å². The van der Waals surface area contributed by atoms with Gasteiger partial charge in [0.2, 0.25) is 5.91 Å². The monoisotopic (exact) mass is 328 g/mol. The van der Waals surface area contributed by atoms with Crippen LogP contribution >= 0.6 is 11.8 Å². The summed E-state index contributed by atoms with van der Waals surface area (Å²) in [6, 6.07) is 9.96. The Labute approximate surface area is 137 Å². The number of benzene rings is 1. The largest absolute Gasteiger partial charge is 0.410 e. The highest BCUT2D eigenvalue weighted by Gasteiger charge is 2.19. The molecule has 4 rings (SSSR count). The van der Waals surface area contributed by atoms with Gasteiger partial charge in [-0.15, -0.1) is 10.2 Å². The average Bonchev–Trinajstić information content (AvgIpc) is 3.31. The number of hydrogen-bond donors (Lipinski definition) is 1. The molecule has 1 aliphatic heterocycles. The molecular formula is C16H16N4O2S. The Bertz CT molecular complexity index is 802. The summed E-state index contributed by atoms with van der Waals surface area (Å²) in [5.41, 5.74) is 1.82. The third-order valence-corrected chi connectivity index (χ3v) is 4.75. The second-order valence-corrected chi connectivity index (χ2v) is 6.45. The van der Waals surface area contributed by atoms with E-state index in [1.165, 1.54) is 11.8 Å². The van der Waals surface area contributed by atoms with Crippen molar-refractivity contribution in [2.45, 2.75) is 18.1 Å². The van der Waals surface area contributed by atoms with Gasteiger partial charge in [0.15, 0.2) is 0 Å². The maximum absolute atomic E-state index is 12.0. The molecule has 0 spiro atoms. The van der Waals surface area contributed by atoms with Crippen molar-refractivity contribution in [2.24, 2.45) is 0 Å². The molecule has 3 heterocycles. The molecule has 1 N–H and O–H groups in total. The summed E-state index contributed by atoms with van der Waals surface area (Å²) in [5.74, 6) is 0.920.